The minimum Gasteiger partial charge on any atom is -0.479 e. The van der Waals surface area contributed by atoms with E-state index < -0.39 is 6.10 Å². The van der Waals surface area contributed by atoms with E-state index in [-0.39, 0.29) is 11.8 Å². The molecule has 0 fully saturated rings. The Balaban J connectivity index is 1.44. The van der Waals surface area contributed by atoms with Gasteiger partial charge in [0, 0.05) is 23.6 Å². The first-order valence-electron chi connectivity index (χ1n) is 8.58. The minimum absolute atomic E-state index is 0.209. The van der Waals surface area contributed by atoms with Crippen molar-refractivity contribution in [2.45, 2.75) is 19.6 Å². The Morgan fingerprint density at radius 2 is 2.07 bits per heavy atom. The van der Waals surface area contributed by atoms with Crippen molar-refractivity contribution in [3.63, 3.8) is 0 Å². The topological polar surface area (TPSA) is 85.2 Å². The molecule has 4 rings (SSSR count). The third-order valence-corrected chi connectivity index (χ3v) is 4.29. The summed E-state index contributed by atoms with van der Waals surface area (Å²) in [7, 11) is 0. The lowest BCUT2D eigenvalue weighted by molar-refractivity contribution is -0.122. The highest BCUT2D eigenvalue weighted by molar-refractivity contribution is 6.05. The molecule has 0 saturated heterocycles. The van der Waals surface area contributed by atoms with E-state index in [0.717, 1.165) is 5.56 Å². The molecule has 0 saturated carbocycles. The van der Waals surface area contributed by atoms with Crippen LogP contribution in [0.15, 0.2) is 60.9 Å². The normalized spacial score (nSPS) is 15.4. The molecule has 2 amide bonds. The molecule has 0 radical (unpaired) electrons. The van der Waals surface area contributed by atoms with Gasteiger partial charge in [-0.2, -0.15) is 5.10 Å². The van der Waals surface area contributed by atoms with Gasteiger partial charge in [0.1, 0.15) is 5.75 Å². The lowest BCUT2D eigenvalue weighted by Gasteiger charge is -2.23. The Bertz CT molecular complexity index is 981. The van der Waals surface area contributed by atoms with E-state index in [9.17, 15) is 9.59 Å². The summed E-state index contributed by atoms with van der Waals surface area (Å²) in [6, 6.07) is 14.4. The van der Waals surface area contributed by atoms with Gasteiger partial charge >= 0.3 is 0 Å². The standard InChI is InChI=1S/C20H18N4O3/c1-13-19(25)23-17-11-16(7-8-18(17)27-13)22-20(26)15-5-3-14(4-6-15)12-24-10-2-9-21-24/h2-11,13H,12H2,1H3,(H,22,26)(H,23,25)/t13-/m0/s1. The molecule has 2 heterocycles. The van der Waals surface area contributed by atoms with Crippen molar-refractivity contribution < 1.29 is 14.3 Å². The van der Waals surface area contributed by atoms with E-state index in [4.69, 9.17) is 4.74 Å². The summed E-state index contributed by atoms with van der Waals surface area (Å²) in [5, 5.41) is 9.77. The Labute approximate surface area is 156 Å². The molecule has 1 aromatic heterocycles. The molecular weight excluding hydrogens is 344 g/mol. The van der Waals surface area contributed by atoms with Crippen LogP contribution in [0.2, 0.25) is 0 Å². The SMILES string of the molecule is C[C@@H]1Oc2ccc(NC(=O)c3ccc(Cn4cccn4)cc3)cc2NC1=O. The molecule has 0 aliphatic carbocycles. The minimum atomic E-state index is -0.529. The number of anilines is 2. The number of fused-ring (bicyclic) bond motifs is 1. The molecule has 1 aliphatic rings. The van der Waals surface area contributed by atoms with Crippen LogP contribution in [0.4, 0.5) is 11.4 Å². The molecular formula is C20H18N4O3. The molecule has 2 N–H and O–H groups in total. The van der Waals surface area contributed by atoms with Gasteiger partial charge in [-0.1, -0.05) is 12.1 Å². The molecule has 27 heavy (non-hydrogen) atoms. The average Bonchev–Trinajstić information content (AvgIpc) is 3.16. The number of nitrogens with one attached hydrogen (secondary N) is 2. The van der Waals surface area contributed by atoms with Crippen molar-refractivity contribution in [2.75, 3.05) is 10.6 Å². The summed E-state index contributed by atoms with van der Waals surface area (Å²) < 4.78 is 7.33. The summed E-state index contributed by atoms with van der Waals surface area (Å²) in [4.78, 5) is 24.2. The number of amides is 2. The second-order valence-corrected chi connectivity index (χ2v) is 6.31. The zero-order valence-corrected chi connectivity index (χ0v) is 14.7. The van der Waals surface area contributed by atoms with Gasteiger partial charge in [-0.3, -0.25) is 14.3 Å². The number of carbonyl (C=O) groups is 2. The van der Waals surface area contributed by atoms with Crippen molar-refractivity contribution in [1.29, 1.82) is 0 Å². The van der Waals surface area contributed by atoms with Gasteiger partial charge in [-0.25, -0.2) is 0 Å². The molecule has 0 unspecified atom stereocenters. The van der Waals surface area contributed by atoms with Gasteiger partial charge < -0.3 is 15.4 Å². The maximum Gasteiger partial charge on any atom is 0.265 e. The fourth-order valence-corrected chi connectivity index (χ4v) is 2.83. The summed E-state index contributed by atoms with van der Waals surface area (Å²) >= 11 is 0. The van der Waals surface area contributed by atoms with Crippen molar-refractivity contribution in [1.82, 2.24) is 9.78 Å². The van der Waals surface area contributed by atoms with Crippen molar-refractivity contribution in [2.24, 2.45) is 0 Å². The molecule has 7 heteroatoms. The fourth-order valence-electron chi connectivity index (χ4n) is 2.83. The quantitative estimate of drug-likeness (QED) is 0.747. The van der Waals surface area contributed by atoms with Crippen LogP contribution >= 0.6 is 0 Å². The highest BCUT2D eigenvalue weighted by Crippen LogP contribution is 2.32. The molecule has 1 atom stereocenters. The van der Waals surface area contributed by atoms with Crippen LogP contribution in [-0.4, -0.2) is 27.7 Å². The zero-order valence-electron chi connectivity index (χ0n) is 14.7. The van der Waals surface area contributed by atoms with Gasteiger partial charge in [-0.15, -0.1) is 0 Å². The Kier molecular flexibility index (Phi) is 4.33. The van der Waals surface area contributed by atoms with Gasteiger partial charge in [0.2, 0.25) is 0 Å². The van der Waals surface area contributed by atoms with Gasteiger partial charge in [0.25, 0.3) is 11.8 Å². The zero-order chi connectivity index (χ0) is 18.8. The molecule has 1 aliphatic heterocycles. The van der Waals surface area contributed by atoms with E-state index >= 15 is 0 Å². The van der Waals surface area contributed by atoms with E-state index in [2.05, 4.69) is 15.7 Å². The van der Waals surface area contributed by atoms with Crippen LogP contribution < -0.4 is 15.4 Å². The largest absolute Gasteiger partial charge is 0.479 e. The lowest BCUT2D eigenvalue weighted by Crippen LogP contribution is -2.34. The maximum atomic E-state index is 12.5. The van der Waals surface area contributed by atoms with Gasteiger partial charge in [0.05, 0.1) is 12.2 Å². The Hall–Kier alpha value is -3.61. The highest BCUT2D eigenvalue weighted by Gasteiger charge is 2.23. The van der Waals surface area contributed by atoms with Crippen LogP contribution in [0.25, 0.3) is 0 Å². The first kappa shape index (κ1) is 16.8. The first-order chi connectivity index (χ1) is 13.1. The number of nitrogens with zero attached hydrogens (tertiary/aromatic N) is 2. The van der Waals surface area contributed by atoms with Crippen molar-refractivity contribution in [3.8, 4) is 5.75 Å². The number of aromatic nitrogens is 2. The first-order valence-corrected chi connectivity index (χ1v) is 8.58. The van der Waals surface area contributed by atoms with Gasteiger partial charge in [-0.05, 0) is 48.9 Å². The lowest BCUT2D eigenvalue weighted by atomic mass is 10.1. The van der Waals surface area contributed by atoms with Crippen molar-refractivity contribution >= 4 is 23.2 Å². The number of benzene rings is 2. The average molecular weight is 362 g/mol. The molecule has 0 bridgehead atoms. The summed E-state index contributed by atoms with van der Waals surface area (Å²) in [5.74, 6) is 0.152. The number of hydrogen-bond donors (Lipinski definition) is 2. The molecule has 0 spiro atoms. The molecule has 136 valence electrons. The van der Waals surface area contributed by atoms with Crippen LogP contribution in [0.5, 0.6) is 5.75 Å². The summed E-state index contributed by atoms with van der Waals surface area (Å²) in [6.07, 6.45) is 3.09. The number of ether oxygens (including phenoxy) is 1. The number of carbonyl (C=O) groups excluding carboxylic acids is 2. The van der Waals surface area contributed by atoms with E-state index in [1.165, 1.54) is 0 Å². The summed E-state index contributed by atoms with van der Waals surface area (Å²) in [6.45, 7) is 2.34. The monoisotopic (exact) mass is 362 g/mol. The second-order valence-electron chi connectivity index (χ2n) is 6.31. The predicted molar refractivity (Wildman–Crippen MR) is 101 cm³/mol. The highest BCUT2D eigenvalue weighted by atomic mass is 16.5. The smallest absolute Gasteiger partial charge is 0.265 e. The van der Waals surface area contributed by atoms with Crippen LogP contribution in [-0.2, 0) is 11.3 Å². The number of hydrogen-bond acceptors (Lipinski definition) is 4. The second kappa shape index (κ2) is 6.95. The third-order valence-electron chi connectivity index (χ3n) is 4.29. The third kappa shape index (κ3) is 3.67. The van der Waals surface area contributed by atoms with E-state index in [1.54, 1.807) is 43.5 Å². The van der Waals surface area contributed by atoms with E-state index in [1.807, 2.05) is 29.1 Å². The van der Waals surface area contributed by atoms with Crippen LogP contribution in [0, 0.1) is 0 Å². The Morgan fingerprint density at radius 1 is 1.26 bits per heavy atom. The Morgan fingerprint density at radius 3 is 2.81 bits per heavy atom. The van der Waals surface area contributed by atoms with Crippen LogP contribution in [0.1, 0.15) is 22.8 Å². The number of rotatable bonds is 4. The predicted octanol–water partition coefficient (Wildman–Crippen LogP) is 2.90. The molecule has 3 aromatic rings. The van der Waals surface area contributed by atoms with E-state index in [0.29, 0.717) is 29.2 Å². The van der Waals surface area contributed by atoms with Gasteiger partial charge in [0.15, 0.2) is 6.10 Å². The van der Waals surface area contributed by atoms with Crippen molar-refractivity contribution in [3.05, 3.63) is 72.1 Å². The van der Waals surface area contributed by atoms with Crippen LogP contribution in [0.3, 0.4) is 0 Å². The maximum absolute atomic E-state index is 12.5. The fraction of sp³-hybridized carbons (Fsp3) is 0.150. The molecule has 2 aromatic carbocycles. The molecule has 7 nitrogen and oxygen atoms in total. The summed E-state index contributed by atoms with van der Waals surface area (Å²) in [5.41, 5.74) is 2.73.